The van der Waals surface area contributed by atoms with E-state index in [9.17, 15) is 9.59 Å². The fourth-order valence-corrected chi connectivity index (χ4v) is 4.17. The van der Waals surface area contributed by atoms with Crippen LogP contribution in [0.2, 0.25) is 0 Å². The standard InChI is InChI=1S/C23H26N2O4/c1-4-5-14-24-22(26)19-20(16-10-12-17(28-3)13-11-16)25(29-21(19)23(24)27)18-9-7-6-8-15(18)2/h6-13,19-21H,4-5,14H2,1-3H3. The second-order valence-corrected chi connectivity index (χ2v) is 7.56. The highest BCUT2D eigenvalue weighted by Crippen LogP contribution is 2.47. The minimum atomic E-state index is -0.786. The van der Waals surface area contributed by atoms with Crippen LogP contribution in [-0.4, -0.2) is 36.5 Å². The molecule has 4 rings (SSSR count). The number of carbonyl (C=O) groups excluding carboxylic acids is 2. The van der Waals surface area contributed by atoms with Crippen molar-refractivity contribution in [2.24, 2.45) is 5.92 Å². The number of ether oxygens (including phenoxy) is 1. The van der Waals surface area contributed by atoms with Crippen LogP contribution < -0.4 is 9.80 Å². The first-order valence-electron chi connectivity index (χ1n) is 10.1. The first-order chi connectivity index (χ1) is 14.1. The summed E-state index contributed by atoms with van der Waals surface area (Å²) in [6.45, 7) is 4.49. The normalized spacial score (nSPS) is 23.6. The van der Waals surface area contributed by atoms with E-state index in [1.54, 1.807) is 12.2 Å². The Bertz CT molecular complexity index is 911. The topological polar surface area (TPSA) is 59.1 Å². The van der Waals surface area contributed by atoms with E-state index >= 15 is 0 Å². The Kier molecular flexibility index (Phi) is 5.28. The van der Waals surface area contributed by atoms with E-state index in [0.717, 1.165) is 35.4 Å². The molecule has 6 heteroatoms. The average Bonchev–Trinajstić information content (AvgIpc) is 3.23. The van der Waals surface area contributed by atoms with Gasteiger partial charge in [-0.2, -0.15) is 0 Å². The van der Waals surface area contributed by atoms with Gasteiger partial charge in [-0.25, -0.2) is 5.06 Å². The van der Waals surface area contributed by atoms with Crippen molar-refractivity contribution in [3.63, 3.8) is 0 Å². The van der Waals surface area contributed by atoms with Gasteiger partial charge in [0.1, 0.15) is 11.7 Å². The molecule has 2 heterocycles. The SMILES string of the molecule is CCCCN1C(=O)C2ON(c3ccccc3C)C(c3ccc(OC)cc3)C2C1=O. The number of rotatable bonds is 6. The van der Waals surface area contributed by atoms with Gasteiger partial charge in [-0.15, -0.1) is 0 Å². The molecular weight excluding hydrogens is 368 g/mol. The summed E-state index contributed by atoms with van der Waals surface area (Å²) in [5, 5.41) is 1.75. The van der Waals surface area contributed by atoms with Crippen LogP contribution in [0, 0.1) is 12.8 Å². The van der Waals surface area contributed by atoms with Crippen molar-refractivity contribution in [3.05, 3.63) is 59.7 Å². The Morgan fingerprint density at radius 2 is 1.76 bits per heavy atom. The molecule has 29 heavy (non-hydrogen) atoms. The number of hydrogen-bond donors (Lipinski definition) is 0. The summed E-state index contributed by atoms with van der Waals surface area (Å²) in [6, 6.07) is 15.1. The Morgan fingerprint density at radius 3 is 2.41 bits per heavy atom. The maximum Gasteiger partial charge on any atom is 0.261 e. The summed E-state index contributed by atoms with van der Waals surface area (Å²) >= 11 is 0. The minimum Gasteiger partial charge on any atom is -0.497 e. The lowest BCUT2D eigenvalue weighted by Crippen LogP contribution is -2.38. The van der Waals surface area contributed by atoms with Crippen LogP contribution in [0.1, 0.15) is 36.9 Å². The monoisotopic (exact) mass is 394 g/mol. The molecule has 0 aromatic heterocycles. The molecule has 2 saturated heterocycles. The predicted molar refractivity (Wildman–Crippen MR) is 109 cm³/mol. The second kappa shape index (κ2) is 7.87. The average molecular weight is 394 g/mol. The van der Waals surface area contributed by atoms with Crippen molar-refractivity contribution in [1.29, 1.82) is 0 Å². The maximum absolute atomic E-state index is 13.2. The van der Waals surface area contributed by atoms with Crippen LogP contribution in [0.5, 0.6) is 5.75 Å². The van der Waals surface area contributed by atoms with Gasteiger partial charge in [0.05, 0.1) is 18.8 Å². The Hall–Kier alpha value is -2.86. The molecule has 0 spiro atoms. The molecule has 6 nitrogen and oxygen atoms in total. The number of carbonyl (C=O) groups is 2. The zero-order valence-electron chi connectivity index (χ0n) is 17.0. The summed E-state index contributed by atoms with van der Waals surface area (Å²) in [4.78, 5) is 33.8. The molecule has 0 aliphatic carbocycles. The molecule has 2 aliphatic heterocycles. The lowest BCUT2D eigenvalue weighted by molar-refractivity contribution is -0.143. The van der Waals surface area contributed by atoms with Gasteiger partial charge in [0.15, 0.2) is 6.10 Å². The van der Waals surface area contributed by atoms with Gasteiger partial charge in [-0.3, -0.25) is 19.3 Å². The van der Waals surface area contributed by atoms with Crippen LogP contribution in [-0.2, 0) is 14.4 Å². The van der Waals surface area contributed by atoms with E-state index in [4.69, 9.17) is 9.57 Å². The fourth-order valence-electron chi connectivity index (χ4n) is 4.17. The largest absolute Gasteiger partial charge is 0.497 e. The number of nitrogens with zero attached hydrogens (tertiary/aromatic N) is 2. The molecule has 152 valence electrons. The lowest BCUT2D eigenvalue weighted by Gasteiger charge is -2.29. The van der Waals surface area contributed by atoms with E-state index in [-0.39, 0.29) is 17.9 Å². The third-order valence-electron chi connectivity index (χ3n) is 5.75. The number of imide groups is 1. The van der Waals surface area contributed by atoms with Crippen molar-refractivity contribution in [2.45, 2.75) is 38.8 Å². The highest BCUT2D eigenvalue weighted by Gasteiger charge is 2.59. The van der Waals surface area contributed by atoms with E-state index < -0.39 is 12.0 Å². The van der Waals surface area contributed by atoms with Crippen LogP contribution in [0.25, 0.3) is 0 Å². The molecule has 3 atom stereocenters. The van der Waals surface area contributed by atoms with Crippen LogP contribution in [0.15, 0.2) is 48.5 Å². The van der Waals surface area contributed by atoms with E-state index in [0.29, 0.717) is 6.54 Å². The number of aryl methyl sites for hydroxylation is 1. The first-order valence-corrected chi connectivity index (χ1v) is 10.1. The first kappa shape index (κ1) is 19.5. The summed E-state index contributed by atoms with van der Waals surface area (Å²) in [5.74, 6) is -0.203. The smallest absolute Gasteiger partial charge is 0.261 e. The second-order valence-electron chi connectivity index (χ2n) is 7.56. The van der Waals surface area contributed by atoms with Crippen molar-refractivity contribution < 1.29 is 19.2 Å². The number of unbranched alkanes of at least 4 members (excludes halogenated alkanes) is 1. The van der Waals surface area contributed by atoms with Crippen LogP contribution >= 0.6 is 0 Å². The highest BCUT2D eigenvalue weighted by molar-refractivity contribution is 6.07. The number of hydrogen-bond acceptors (Lipinski definition) is 5. The molecule has 2 amide bonds. The predicted octanol–water partition coefficient (Wildman–Crippen LogP) is 3.65. The maximum atomic E-state index is 13.2. The van der Waals surface area contributed by atoms with Crippen molar-refractivity contribution in [3.8, 4) is 5.75 Å². The number of methoxy groups -OCH3 is 1. The summed E-state index contributed by atoms with van der Waals surface area (Å²) in [5.41, 5.74) is 2.80. The van der Waals surface area contributed by atoms with Crippen molar-refractivity contribution in [1.82, 2.24) is 4.90 Å². The molecule has 0 saturated carbocycles. The summed E-state index contributed by atoms with van der Waals surface area (Å²) < 4.78 is 5.27. The molecule has 0 N–H and O–H groups in total. The van der Waals surface area contributed by atoms with Crippen molar-refractivity contribution >= 4 is 17.5 Å². The molecule has 3 unspecified atom stereocenters. The zero-order valence-corrected chi connectivity index (χ0v) is 17.0. The fraction of sp³-hybridized carbons (Fsp3) is 0.391. The highest BCUT2D eigenvalue weighted by atomic mass is 16.7. The lowest BCUT2D eigenvalue weighted by atomic mass is 9.90. The van der Waals surface area contributed by atoms with Gasteiger partial charge < -0.3 is 4.74 Å². The number of amides is 2. The third-order valence-corrected chi connectivity index (χ3v) is 5.75. The number of likely N-dealkylation sites (tertiary alicyclic amines) is 1. The molecule has 2 fully saturated rings. The van der Waals surface area contributed by atoms with Gasteiger partial charge in [0, 0.05) is 6.54 Å². The van der Waals surface area contributed by atoms with Gasteiger partial charge in [-0.05, 0) is 42.7 Å². The Morgan fingerprint density at radius 1 is 1.03 bits per heavy atom. The quantitative estimate of drug-likeness (QED) is 0.700. The number of para-hydroxylation sites is 1. The van der Waals surface area contributed by atoms with E-state index in [1.165, 1.54) is 4.90 Å². The van der Waals surface area contributed by atoms with Gasteiger partial charge in [0.25, 0.3) is 5.91 Å². The van der Waals surface area contributed by atoms with E-state index in [1.807, 2.05) is 62.4 Å². The zero-order chi connectivity index (χ0) is 20.5. The molecule has 2 aromatic carbocycles. The van der Waals surface area contributed by atoms with E-state index in [2.05, 4.69) is 0 Å². The van der Waals surface area contributed by atoms with Gasteiger partial charge in [0.2, 0.25) is 5.91 Å². The van der Waals surface area contributed by atoms with Crippen LogP contribution in [0.3, 0.4) is 0 Å². The number of fused-ring (bicyclic) bond motifs is 1. The Balaban J connectivity index is 1.75. The molecule has 0 bridgehead atoms. The third kappa shape index (κ3) is 3.27. The minimum absolute atomic E-state index is 0.148. The summed E-state index contributed by atoms with van der Waals surface area (Å²) in [6.07, 6.45) is 0.932. The molecule has 0 radical (unpaired) electrons. The number of hydroxylamine groups is 1. The molecule has 2 aromatic rings. The summed E-state index contributed by atoms with van der Waals surface area (Å²) in [7, 11) is 1.62. The van der Waals surface area contributed by atoms with Gasteiger partial charge >= 0.3 is 0 Å². The molecular formula is C23H26N2O4. The van der Waals surface area contributed by atoms with Crippen LogP contribution in [0.4, 0.5) is 5.69 Å². The Labute approximate surface area is 171 Å². The van der Waals surface area contributed by atoms with Gasteiger partial charge in [-0.1, -0.05) is 43.7 Å². The number of benzene rings is 2. The van der Waals surface area contributed by atoms with Crippen molar-refractivity contribution in [2.75, 3.05) is 18.7 Å². The molecule has 2 aliphatic rings. The number of anilines is 1.